The number of rotatable bonds is 8. The molecule has 1 N–H and O–H groups in total. The van der Waals surface area contributed by atoms with E-state index in [0.717, 1.165) is 41.3 Å². The van der Waals surface area contributed by atoms with Crippen LogP contribution >= 0.6 is 15.9 Å². The van der Waals surface area contributed by atoms with E-state index in [4.69, 9.17) is 0 Å². The van der Waals surface area contributed by atoms with Gasteiger partial charge in [-0.25, -0.2) is 0 Å². The van der Waals surface area contributed by atoms with E-state index < -0.39 is 6.04 Å². The largest absolute Gasteiger partial charge is 0.352 e. The number of carbonyl (C=O) groups excluding carboxylic acids is 2. The first-order valence-corrected chi connectivity index (χ1v) is 12.1. The standard InChI is InChI=1S/C26H33BrN2O2/c1-19-11-13-21(14-12-19)15-16-25(30)29(18-22-7-6-8-23(27)17-22)20(2)26(31)28-24-9-4-3-5-10-24/h6-8,11-14,17,20,24H,3-5,9-10,15-16,18H2,1-2H3,(H,28,31)/t20-/m1/s1. The van der Waals surface area contributed by atoms with Crippen LogP contribution in [0, 0.1) is 6.92 Å². The molecule has 0 saturated heterocycles. The molecule has 4 nitrogen and oxygen atoms in total. The smallest absolute Gasteiger partial charge is 0.242 e. The van der Waals surface area contributed by atoms with Crippen LogP contribution in [0.5, 0.6) is 0 Å². The highest BCUT2D eigenvalue weighted by atomic mass is 79.9. The van der Waals surface area contributed by atoms with E-state index in [2.05, 4.69) is 52.4 Å². The van der Waals surface area contributed by atoms with Crippen LogP contribution in [0.4, 0.5) is 0 Å². The molecular formula is C26H33BrN2O2. The van der Waals surface area contributed by atoms with Gasteiger partial charge in [-0.1, -0.05) is 77.2 Å². The van der Waals surface area contributed by atoms with Gasteiger partial charge in [-0.2, -0.15) is 0 Å². The van der Waals surface area contributed by atoms with E-state index in [1.54, 1.807) is 4.90 Å². The molecule has 3 rings (SSSR count). The number of nitrogens with one attached hydrogen (secondary N) is 1. The summed E-state index contributed by atoms with van der Waals surface area (Å²) < 4.78 is 0.969. The number of nitrogens with zero attached hydrogens (tertiary/aromatic N) is 1. The molecule has 5 heteroatoms. The number of hydrogen-bond acceptors (Lipinski definition) is 2. The molecule has 0 aromatic heterocycles. The lowest BCUT2D eigenvalue weighted by atomic mass is 9.95. The van der Waals surface area contributed by atoms with E-state index >= 15 is 0 Å². The zero-order chi connectivity index (χ0) is 22.2. The lowest BCUT2D eigenvalue weighted by Crippen LogP contribution is -2.50. The SMILES string of the molecule is Cc1ccc(CCC(=O)N(Cc2cccc(Br)c2)[C@H](C)C(=O)NC2CCCCC2)cc1. The molecule has 166 valence electrons. The summed E-state index contributed by atoms with van der Waals surface area (Å²) >= 11 is 3.51. The third kappa shape index (κ3) is 7.20. The van der Waals surface area contributed by atoms with Crippen molar-refractivity contribution in [3.05, 3.63) is 69.7 Å². The van der Waals surface area contributed by atoms with Gasteiger partial charge in [0.15, 0.2) is 0 Å². The lowest BCUT2D eigenvalue weighted by Gasteiger charge is -2.31. The van der Waals surface area contributed by atoms with E-state index in [-0.39, 0.29) is 17.9 Å². The van der Waals surface area contributed by atoms with Crippen molar-refractivity contribution in [1.82, 2.24) is 10.2 Å². The predicted molar refractivity (Wildman–Crippen MR) is 129 cm³/mol. The zero-order valence-corrected chi connectivity index (χ0v) is 20.2. The lowest BCUT2D eigenvalue weighted by molar-refractivity contribution is -0.141. The fourth-order valence-electron chi connectivity index (χ4n) is 4.13. The molecule has 1 aliphatic carbocycles. The summed E-state index contributed by atoms with van der Waals surface area (Å²) in [4.78, 5) is 28.0. The van der Waals surface area contributed by atoms with Crippen LogP contribution in [-0.4, -0.2) is 28.8 Å². The van der Waals surface area contributed by atoms with E-state index in [1.165, 1.54) is 12.0 Å². The second kappa shape index (κ2) is 11.5. The minimum atomic E-state index is -0.508. The van der Waals surface area contributed by atoms with E-state index in [9.17, 15) is 9.59 Å². The molecular weight excluding hydrogens is 452 g/mol. The second-order valence-corrected chi connectivity index (χ2v) is 9.57. The van der Waals surface area contributed by atoms with Crippen molar-refractivity contribution in [2.45, 2.75) is 77.4 Å². The molecule has 1 fully saturated rings. The highest BCUT2D eigenvalue weighted by Gasteiger charge is 2.28. The van der Waals surface area contributed by atoms with Crippen LogP contribution in [0.2, 0.25) is 0 Å². The highest BCUT2D eigenvalue weighted by molar-refractivity contribution is 9.10. The van der Waals surface area contributed by atoms with Gasteiger partial charge in [-0.3, -0.25) is 9.59 Å². The third-order valence-electron chi connectivity index (χ3n) is 6.11. The Bertz CT molecular complexity index is 875. The van der Waals surface area contributed by atoms with Crippen molar-refractivity contribution in [3.8, 4) is 0 Å². The molecule has 31 heavy (non-hydrogen) atoms. The average Bonchev–Trinajstić information content (AvgIpc) is 2.77. The maximum atomic E-state index is 13.2. The molecule has 0 spiro atoms. The highest BCUT2D eigenvalue weighted by Crippen LogP contribution is 2.19. The molecule has 2 aromatic rings. The zero-order valence-electron chi connectivity index (χ0n) is 18.6. The van der Waals surface area contributed by atoms with Crippen molar-refractivity contribution < 1.29 is 9.59 Å². The summed E-state index contributed by atoms with van der Waals surface area (Å²) in [6, 6.07) is 15.9. The molecule has 1 atom stereocenters. The Hall–Kier alpha value is -2.14. The van der Waals surface area contributed by atoms with Gasteiger partial charge in [-0.05, 0) is 56.4 Å². The number of hydrogen-bond donors (Lipinski definition) is 1. The van der Waals surface area contributed by atoms with Crippen LogP contribution in [0.15, 0.2) is 53.0 Å². The molecule has 2 aromatic carbocycles. The van der Waals surface area contributed by atoms with Crippen molar-refractivity contribution in [1.29, 1.82) is 0 Å². The summed E-state index contributed by atoms with van der Waals surface area (Å²) in [6.45, 7) is 4.33. The molecule has 1 saturated carbocycles. The van der Waals surface area contributed by atoms with Crippen molar-refractivity contribution >= 4 is 27.7 Å². The Morgan fingerprint density at radius 3 is 2.45 bits per heavy atom. The van der Waals surface area contributed by atoms with Crippen LogP contribution in [0.3, 0.4) is 0 Å². The van der Waals surface area contributed by atoms with Crippen LogP contribution in [0.1, 0.15) is 62.1 Å². The molecule has 0 bridgehead atoms. The van der Waals surface area contributed by atoms with Gasteiger partial charge in [0, 0.05) is 23.5 Å². The normalized spacial score (nSPS) is 15.3. The van der Waals surface area contributed by atoms with Gasteiger partial charge >= 0.3 is 0 Å². The monoisotopic (exact) mass is 484 g/mol. The topological polar surface area (TPSA) is 49.4 Å². The summed E-state index contributed by atoms with van der Waals surface area (Å²) in [5.74, 6) is -0.0440. The molecule has 0 heterocycles. The van der Waals surface area contributed by atoms with Gasteiger partial charge in [0.05, 0.1) is 0 Å². The summed E-state index contributed by atoms with van der Waals surface area (Å²) in [7, 11) is 0. The first-order valence-electron chi connectivity index (χ1n) is 11.3. The summed E-state index contributed by atoms with van der Waals surface area (Å²) in [5, 5.41) is 3.19. The van der Waals surface area contributed by atoms with Gasteiger partial charge in [0.1, 0.15) is 6.04 Å². The summed E-state index contributed by atoms with van der Waals surface area (Å²) in [6.07, 6.45) is 6.70. The Morgan fingerprint density at radius 1 is 1.06 bits per heavy atom. The minimum absolute atomic E-state index is 0.00634. The van der Waals surface area contributed by atoms with Crippen LogP contribution < -0.4 is 5.32 Å². The number of aryl methyl sites for hydroxylation is 2. The number of carbonyl (C=O) groups is 2. The van der Waals surface area contributed by atoms with Gasteiger partial charge in [0.25, 0.3) is 0 Å². The second-order valence-electron chi connectivity index (χ2n) is 8.66. The Morgan fingerprint density at radius 2 is 1.77 bits per heavy atom. The molecule has 0 radical (unpaired) electrons. The van der Waals surface area contributed by atoms with E-state index in [0.29, 0.717) is 19.4 Å². The van der Waals surface area contributed by atoms with Crippen molar-refractivity contribution in [2.24, 2.45) is 0 Å². The van der Waals surface area contributed by atoms with Crippen molar-refractivity contribution in [2.75, 3.05) is 0 Å². The van der Waals surface area contributed by atoms with Gasteiger partial charge in [0.2, 0.25) is 11.8 Å². The fraction of sp³-hybridized carbons (Fsp3) is 0.462. The third-order valence-corrected chi connectivity index (χ3v) is 6.60. The van der Waals surface area contributed by atoms with Crippen LogP contribution in [-0.2, 0) is 22.6 Å². The molecule has 2 amide bonds. The number of benzene rings is 2. The number of amides is 2. The minimum Gasteiger partial charge on any atom is -0.352 e. The maximum Gasteiger partial charge on any atom is 0.242 e. The van der Waals surface area contributed by atoms with Crippen LogP contribution in [0.25, 0.3) is 0 Å². The Kier molecular flexibility index (Phi) is 8.70. The fourth-order valence-corrected chi connectivity index (χ4v) is 4.58. The summed E-state index contributed by atoms with van der Waals surface area (Å²) in [5.41, 5.74) is 3.36. The maximum absolute atomic E-state index is 13.2. The van der Waals surface area contributed by atoms with Crippen molar-refractivity contribution in [3.63, 3.8) is 0 Å². The molecule has 0 unspecified atom stereocenters. The molecule has 1 aliphatic rings. The Balaban J connectivity index is 1.70. The number of halogens is 1. The predicted octanol–water partition coefficient (Wildman–Crippen LogP) is 5.56. The molecule has 0 aliphatic heterocycles. The van der Waals surface area contributed by atoms with E-state index in [1.807, 2.05) is 31.2 Å². The average molecular weight is 485 g/mol. The quantitative estimate of drug-likeness (QED) is 0.533. The first-order chi connectivity index (χ1) is 14.9. The van der Waals surface area contributed by atoms with Gasteiger partial charge in [-0.15, -0.1) is 0 Å². The Labute approximate surface area is 194 Å². The van der Waals surface area contributed by atoms with Gasteiger partial charge < -0.3 is 10.2 Å². The first kappa shape index (κ1) is 23.5.